The van der Waals surface area contributed by atoms with Crippen LogP contribution in [0.5, 0.6) is 0 Å². The van der Waals surface area contributed by atoms with Crippen LogP contribution in [0, 0.1) is 0 Å². The summed E-state index contributed by atoms with van der Waals surface area (Å²) in [6.45, 7) is 0. The highest BCUT2D eigenvalue weighted by atomic mass is 16.5. The Morgan fingerprint density at radius 3 is 2.60 bits per heavy atom. The number of nitrogens with two attached hydrogens (primary N) is 1. The Labute approximate surface area is 85.0 Å². The standard InChI is InChI=1S/C9H8N4O2/c10-9-11-8(13-15-9)7(12-14)6-4-2-1-3-5-6/h1-5,14H,(H2,10,11,13)/b12-7-. The van der Waals surface area contributed by atoms with Gasteiger partial charge in [0.25, 0.3) is 0 Å². The highest BCUT2D eigenvalue weighted by Crippen LogP contribution is 2.08. The Kier molecular flexibility index (Phi) is 2.32. The monoisotopic (exact) mass is 204 g/mol. The normalized spacial score (nSPS) is 11.6. The maximum Gasteiger partial charge on any atom is 0.319 e. The molecule has 6 heteroatoms. The first kappa shape index (κ1) is 9.20. The minimum absolute atomic E-state index is 0.0675. The number of nitrogen functional groups attached to an aromatic ring is 1. The zero-order chi connectivity index (χ0) is 10.7. The van der Waals surface area contributed by atoms with E-state index in [0.717, 1.165) is 0 Å². The SMILES string of the molecule is Nc1nc(/C(=N\O)c2ccccc2)no1. The van der Waals surface area contributed by atoms with E-state index < -0.39 is 0 Å². The molecule has 0 saturated heterocycles. The number of hydrogen-bond acceptors (Lipinski definition) is 6. The molecule has 1 aromatic carbocycles. The van der Waals surface area contributed by atoms with Gasteiger partial charge in [0.2, 0.25) is 5.82 Å². The van der Waals surface area contributed by atoms with Crippen LogP contribution in [0.1, 0.15) is 11.4 Å². The summed E-state index contributed by atoms with van der Waals surface area (Å²) < 4.78 is 4.59. The minimum Gasteiger partial charge on any atom is -0.410 e. The molecule has 2 rings (SSSR count). The lowest BCUT2D eigenvalue weighted by atomic mass is 10.1. The van der Waals surface area contributed by atoms with E-state index in [1.54, 1.807) is 12.1 Å². The smallest absolute Gasteiger partial charge is 0.319 e. The van der Waals surface area contributed by atoms with Gasteiger partial charge in [-0.25, -0.2) is 0 Å². The maximum atomic E-state index is 8.87. The van der Waals surface area contributed by atoms with Crippen LogP contribution >= 0.6 is 0 Å². The number of nitrogens with zero attached hydrogens (tertiary/aromatic N) is 3. The molecule has 0 bridgehead atoms. The lowest BCUT2D eigenvalue weighted by molar-refractivity contribution is 0.319. The van der Waals surface area contributed by atoms with Crippen molar-refractivity contribution in [3.05, 3.63) is 41.7 Å². The molecule has 0 aliphatic rings. The van der Waals surface area contributed by atoms with E-state index in [1.165, 1.54) is 0 Å². The number of rotatable bonds is 2. The maximum absolute atomic E-state index is 8.87. The van der Waals surface area contributed by atoms with E-state index in [4.69, 9.17) is 10.9 Å². The first-order valence-corrected chi connectivity index (χ1v) is 4.18. The van der Waals surface area contributed by atoms with Crippen LogP contribution in [-0.2, 0) is 0 Å². The van der Waals surface area contributed by atoms with Gasteiger partial charge < -0.3 is 15.5 Å². The molecule has 0 aliphatic carbocycles. The molecule has 0 amide bonds. The first-order valence-electron chi connectivity index (χ1n) is 4.18. The van der Waals surface area contributed by atoms with Gasteiger partial charge in [0.05, 0.1) is 0 Å². The number of oxime groups is 1. The Bertz CT molecular complexity index is 478. The van der Waals surface area contributed by atoms with Gasteiger partial charge in [-0.05, 0) is 0 Å². The topological polar surface area (TPSA) is 97.5 Å². The van der Waals surface area contributed by atoms with Crippen LogP contribution in [0.3, 0.4) is 0 Å². The molecule has 0 atom stereocenters. The van der Waals surface area contributed by atoms with Crippen LogP contribution in [0.15, 0.2) is 40.0 Å². The van der Waals surface area contributed by atoms with Gasteiger partial charge in [0.15, 0.2) is 5.71 Å². The minimum atomic E-state index is -0.0675. The summed E-state index contributed by atoms with van der Waals surface area (Å²) in [5.41, 5.74) is 6.17. The second-order valence-corrected chi connectivity index (χ2v) is 2.77. The fourth-order valence-electron chi connectivity index (χ4n) is 1.16. The van der Waals surface area contributed by atoms with Gasteiger partial charge in [-0.1, -0.05) is 40.6 Å². The first-order chi connectivity index (χ1) is 7.31. The van der Waals surface area contributed by atoms with Crippen LogP contribution in [0.2, 0.25) is 0 Å². The predicted octanol–water partition coefficient (Wildman–Crippen LogP) is 0.878. The summed E-state index contributed by atoms with van der Waals surface area (Å²) in [7, 11) is 0. The summed E-state index contributed by atoms with van der Waals surface area (Å²) in [4.78, 5) is 3.77. The number of anilines is 1. The van der Waals surface area contributed by atoms with Crippen LogP contribution < -0.4 is 5.73 Å². The quantitative estimate of drug-likeness (QED) is 0.430. The summed E-state index contributed by atoms with van der Waals surface area (Å²) in [5, 5.41) is 15.5. The highest BCUT2D eigenvalue weighted by Gasteiger charge is 2.13. The summed E-state index contributed by atoms with van der Waals surface area (Å²) >= 11 is 0. The third-order valence-electron chi connectivity index (χ3n) is 1.80. The third-order valence-corrected chi connectivity index (χ3v) is 1.80. The summed E-state index contributed by atoms with van der Waals surface area (Å²) in [5.74, 6) is 0.154. The van der Waals surface area contributed by atoms with Crippen LogP contribution in [-0.4, -0.2) is 21.1 Å². The zero-order valence-corrected chi connectivity index (χ0v) is 7.66. The van der Waals surface area contributed by atoms with Crippen molar-refractivity contribution in [2.24, 2.45) is 5.16 Å². The fourth-order valence-corrected chi connectivity index (χ4v) is 1.16. The number of hydrogen-bond donors (Lipinski definition) is 2. The molecule has 0 fully saturated rings. The van der Waals surface area contributed by atoms with E-state index in [-0.39, 0.29) is 17.6 Å². The van der Waals surface area contributed by atoms with E-state index in [1.807, 2.05) is 18.2 Å². The van der Waals surface area contributed by atoms with Gasteiger partial charge in [-0.15, -0.1) is 0 Å². The molecule has 0 spiro atoms. The highest BCUT2D eigenvalue weighted by molar-refractivity contribution is 6.10. The number of aromatic nitrogens is 2. The van der Waals surface area contributed by atoms with Crippen molar-refractivity contribution in [3.8, 4) is 0 Å². The lowest BCUT2D eigenvalue weighted by Crippen LogP contribution is -2.05. The van der Waals surface area contributed by atoms with Crippen molar-refractivity contribution in [3.63, 3.8) is 0 Å². The third kappa shape index (κ3) is 1.78. The Balaban J connectivity index is 2.43. The second-order valence-electron chi connectivity index (χ2n) is 2.77. The van der Waals surface area contributed by atoms with Gasteiger partial charge in [-0.2, -0.15) is 4.98 Å². The molecule has 76 valence electrons. The predicted molar refractivity (Wildman–Crippen MR) is 52.6 cm³/mol. The average Bonchev–Trinajstić information content (AvgIpc) is 2.68. The Morgan fingerprint density at radius 1 is 1.33 bits per heavy atom. The van der Waals surface area contributed by atoms with Crippen molar-refractivity contribution < 1.29 is 9.73 Å². The van der Waals surface area contributed by atoms with Crippen molar-refractivity contribution in [2.45, 2.75) is 0 Å². The molecule has 3 N–H and O–H groups in total. The molecule has 0 unspecified atom stereocenters. The van der Waals surface area contributed by atoms with Gasteiger partial charge in [0, 0.05) is 5.56 Å². The van der Waals surface area contributed by atoms with Crippen molar-refractivity contribution in [1.82, 2.24) is 10.1 Å². The Morgan fingerprint density at radius 2 is 2.07 bits per heavy atom. The van der Waals surface area contributed by atoms with Gasteiger partial charge in [-0.3, -0.25) is 0 Å². The van der Waals surface area contributed by atoms with Crippen LogP contribution in [0.25, 0.3) is 0 Å². The summed E-state index contributed by atoms with van der Waals surface area (Å²) in [6.07, 6.45) is 0. The van der Waals surface area contributed by atoms with Crippen LogP contribution in [0.4, 0.5) is 6.01 Å². The molecule has 6 nitrogen and oxygen atoms in total. The molecule has 2 aromatic rings. The average molecular weight is 204 g/mol. The van der Waals surface area contributed by atoms with E-state index >= 15 is 0 Å². The summed E-state index contributed by atoms with van der Waals surface area (Å²) in [6, 6.07) is 8.93. The van der Waals surface area contributed by atoms with E-state index in [2.05, 4.69) is 19.8 Å². The molecular formula is C9H8N4O2. The largest absolute Gasteiger partial charge is 0.410 e. The molecule has 0 aliphatic heterocycles. The molecule has 15 heavy (non-hydrogen) atoms. The van der Waals surface area contributed by atoms with Crippen molar-refractivity contribution >= 4 is 11.7 Å². The van der Waals surface area contributed by atoms with Crippen molar-refractivity contribution in [1.29, 1.82) is 0 Å². The fraction of sp³-hybridized carbons (Fsp3) is 0. The molecule has 1 heterocycles. The van der Waals surface area contributed by atoms with Gasteiger partial charge >= 0.3 is 6.01 Å². The Hall–Kier alpha value is -2.37. The molecule has 1 aromatic heterocycles. The zero-order valence-electron chi connectivity index (χ0n) is 7.66. The van der Waals surface area contributed by atoms with Gasteiger partial charge in [0.1, 0.15) is 0 Å². The molecule has 0 saturated carbocycles. The molecule has 0 radical (unpaired) electrons. The van der Waals surface area contributed by atoms with E-state index in [0.29, 0.717) is 5.56 Å². The molecular weight excluding hydrogens is 196 g/mol. The number of benzene rings is 1. The lowest BCUT2D eigenvalue weighted by Gasteiger charge is -1.97. The second kappa shape index (κ2) is 3.79. The van der Waals surface area contributed by atoms with E-state index in [9.17, 15) is 0 Å². The van der Waals surface area contributed by atoms with Crippen molar-refractivity contribution in [2.75, 3.05) is 5.73 Å².